The molecule has 0 bridgehead atoms. The number of likely N-dealkylation sites (tertiary alicyclic amines) is 1. The van der Waals surface area contributed by atoms with E-state index < -0.39 is 6.04 Å². The van der Waals surface area contributed by atoms with Crippen molar-refractivity contribution in [2.75, 3.05) is 13.1 Å². The van der Waals surface area contributed by atoms with E-state index in [2.05, 4.69) is 10.6 Å². The summed E-state index contributed by atoms with van der Waals surface area (Å²) in [5.41, 5.74) is 0.352. The highest BCUT2D eigenvalue weighted by Crippen LogP contribution is 2.23. The molecular weight excluding hydrogens is 402 g/mol. The first-order valence-corrected chi connectivity index (χ1v) is 11.2. The van der Waals surface area contributed by atoms with Gasteiger partial charge in [0.05, 0.1) is 10.6 Å². The number of amides is 3. The number of piperidine rings is 1. The molecule has 2 rings (SSSR count). The summed E-state index contributed by atoms with van der Waals surface area (Å²) in [5.74, 6) is -0.105. The van der Waals surface area contributed by atoms with Gasteiger partial charge in [0.1, 0.15) is 6.04 Å². The van der Waals surface area contributed by atoms with Gasteiger partial charge in [0.25, 0.3) is 5.91 Å². The molecule has 1 fully saturated rings. The van der Waals surface area contributed by atoms with E-state index in [4.69, 9.17) is 11.6 Å². The number of benzene rings is 1. The van der Waals surface area contributed by atoms with E-state index in [0.29, 0.717) is 48.9 Å². The van der Waals surface area contributed by atoms with Crippen LogP contribution in [-0.2, 0) is 9.59 Å². The van der Waals surface area contributed by atoms with Gasteiger partial charge in [-0.15, -0.1) is 0 Å². The highest BCUT2D eigenvalue weighted by atomic mass is 35.5. The maximum atomic E-state index is 13.0. The van der Waals surface area contributed by atoms with E-state index in [1.165, 1.54) is 0 Å². The van der Waals surface area contributed by atoms with Gasteiger partial charge in [0, 0.05) is 25.6 Å². The Morgan fingerprint density at radius 1 is 1.10 bits per heavy atom. The number of carbonyl (C=O) groups excluding carboxylic acids is 3. The van der Waals surface area contributed by atoms with Crippen LogP contribution in [0.1, 0.15) is 63.7 Å². The van der Waals surface area contributed by atoms with Gasteiger partial charge in [-0.25, -0.2) is 0 Å². The summed E-state index contributed by atoms with van der Waals surface area (Å²) in [5, 5.41) is 6.25. The minimum atomic E-state index is -0.662. The molecule has 2 N–H and O–H groups in total. The van der Waals surface area contributed by atoms with Gasteiger partial charge >= 0.3 is 0 Å². The second-order valence-electron chi connectivity index (χ2n) is 8.57. The molecule has 0 aromatic heterocycles. The lowest BCUT2D eigenvalue weighted by Crippen LogP contribution is -2.55. The van der Waals surface area contributed by atoms with Crippen LogP contribution < -0.4 is 10.6 Å². The molecule has 30 heavy (non-hydrogen) atoms. The predicted molar refractivity (Wildman–Crippen MR) is 119 cm³/mol. The highest BCUT2D eigenvalue weighted by molar-refractivity contribution is 6.33. The van der Waals surface area contributed by atoms with Crippen molar-refractivity contribution in [3.63, 3.8) is 0 Å². The molecule has 1 aliphatic heterocycles. The van der Waals surface area contributed by atoms with Crippen molar-refractivity contribution < 1.29 is 14.4 Å². The molecular formula is C23H34ClN3O3. The summed E-state index contributed by atoms with van der Waals surface area (Å²) in [6.07, 6.45) is 2.68. The molecule has 1 aliphatic rings. The van der Waals surface area contributed by atoms with Crippen LogP contribution in [0, 0.1) is 11.8 Å². The van der Waals surface area contributed by atoms with Crippen molar-refractivity contribution in [1.29, 1.82) is 0 Å². The SMILES string of the molecule is CCC(C)NC(=O)C(NC(=O)c1ccccc1Cl)C1CCN(C(=O)CC(C)C)CC1. The molecule has 3 amide bonds. The normalized spacial score (nSPS) is 16.8. The Morgan fingerprint density at radius 3 is 2.30 bits per heavy atom. The average Bonchev–Trinajstić information content (AvgIpc) is 2.71. The smallest absolute Gasteiger partial charge is 0.253 e. The molecule has 1 saturated heterocycles. The minimum Gasteiger partial charge on any atom is -0.352 e. The van der Waals surface area contributed by atoms with Gasteiger partial charge in [-0.2, -0.15) is 0 Å². The Balaban J connectivity index is 2.10. The lowest BCUT2D eigenvalue weighted by Gasteiger charge is -2.36. The van der Waals surface area contributed by atoms with E-state index in [1.807, 2.05) is 32.6 Å². The van der Waals surface area contributed by atoms with Gasteiger partial charge in [-0.3, -0.25) is 14.4 Å². The summed E-state index contributed by atoms with van der Waals surface area (Å²) >= 11 is 6.16. The van der Waals surface area contributed by atoms with Gasteiger partial charge in [0.2, 0.25) is 11.8 Å². The van der Waals surface area contributed by atoms with Crippen LogP contribution in [0.2, 0.25) is 5.02 Å². The molecule has 0 saturated carbocycles. The van der Waals surface area contributed by atoms with Crippen molar-refractivity contribution in [1.82, 2.24) is 15.5 Å². The standard InChI is InChI=1S/C23H34ClN3O3/c1-5-16(4)25-23(30)21(26-22(29)18-8-6-7-9-19(18)24)17-10-12-27(13-11-17)20(28)14-15(2)3/h6-9,15-17,21H,5,10-14H2,1-4H3,(H,25,30)(H,26,29). The van der Waals surface area contributed by atoms with Crippen LogP contribution in [-0.4, -0.2) is 47.8 Å². The third kappa shape index (κ3) is 6.73. The molecule has 0 aliphatic carbocycles. The maximum Gasteiger partial charge on any atom is 0.253 e. The monoisotopic (exact) mass is 435 g/mol. The Bertz CT molecular complexity index is 745. The molecule has 2 unspecified atom stereocenters. The third-order valence-electron chi connectivity index (χ3n) is 5.64. The van der Waals surface area contributed by atoms with Crippen LogP contribution in [0.5, 0.6) is 0 Å². The molecule has 6 nitrogen and oxygen atoms in total. The zero-order valence-corrected chi connectivity index (χ0v) is 19.2. The highest BCUT2D eigenvalue weighted by Gasteiger charge is 2.34. The number of rotatable bonds is 8. The van der Waals surface area contributed by atoms with E-state index in [9.17, 15) is 14.4 Å². The first-order valence-electron chi connectivity index (χ1n) is 10.9. The molecule has 1 heterocycles. The Hall–Kier alpha value is -2.08. The summed E-state index contributed by atoms with van der Waals surface area (Å²) in [6.45, 7) is 9.21. The second kappa shape index (κ2) is 11.3. The molecule has 1 aromatic rings. The fourth-order valence-electron chi connectivity index (χ4n) is 3.66. The van der Waals surface area contributed by atoms with Crippen molar-refractivity contribution in [2.24, 2.45) is 11.8 Å². The third-order valence-corrected chi connectivity index (χ3v) is 5.96. The predicted octanol–water partition coefficient (Wildman–Crippen LogP) is 3.64. The van der Waals surface area contributed by atoms with Crippen LogP contribution in [0.3, 0.4) is 0 Å². The van der Waals surface area contributed by atoms with Gasteiger partial charge in [-0.05, 0) is 50.2 Å². The molecule has 2 atom stereocenters. The average molecular weight is 436 g/mol. The van der Waals surface area contributed by atoms with Gasteiger partial charge < -0.3 is 15.5 Å². The molecule has 0 spiro atoms. The van der Waals surface area contributed by atoms with Crippen LogP contribution in [0.4, 0.5) is 0 Å². The summed E-state index contributed by atoms with van der Waals surface area (Å²) in [7, 11) is 0. The van der Waals surface area contributed by atoms with E-state index in [-0.39, 0.29) is 29.7 Å². The van der Waals surface area contributed by atoms with Crippen molar-refractivity contribution in [3.05, 3.63) is 34.9 Å². The number of nitrogens with one attached hydrogen (secondary N) is 2. The lowest BCUT2D eigenvalue weighted by molar-refractivity contribution is -0.133. The van der Waals surface area contributed by atoms with Gasteiger partial charge in [0.15, 0.2) is 0 Å². The topological polar surface area (TPSA) is 78.5 Å². The van der Waals surface area contributed by atoms with E-state index >= 15 is 0 Å². The first kappa shape index (κ1) is 24.2. The van der Waals surface area contributed by atoms with Crippen LogP contribution >= 0.6 is 11.6 Å². The molecule has 166 valence electrons. The lowest BCUT2D eigenvalue weighted by atomic mass is 9.88. The quantitative estimate of drug-likeness (QED) is 0.654. The fourth-order valence-corrected chi connectivity index (χ4v) is 3.88. The number of nitrogens with zero attached hydrogens (tertiary/aromatic N) is 1. The number of hydrogen-bond acceptors (Lipinski definition) is 3. The second-order valence-corrected chi connectivity index (χ2v) is 8.97. The van der Waals surface area contributed by atoms with E-state index in [0.717, 1.165) is 6.42 Å². The minimum absolute atomic E-state index is 0.0184. The van der Waals surface area contributed by atoms with Crippen LogP contribution in [0.15, 0.2) is 24.3 Å². The maximum absolute atomic E-state index is 13.0. The summed E-state index contributed by atoms with van der Waals surface area (Å²) in [6, 6.07) is 6.16. The Kier molecular flexibility index (Phi) is 9.15. The van der Waals surface area contributed by atoms with Crippen LogP contribution in [0.25, 0.3) is 0 Å². The zero-order valence-electron chi connectivity index (χ0n) is 18.4. The molecule has 7 heteroatoms. The van der Waals surface area contributed by atoms with Crippen molar-refractivity contribution in [3.8, 4) is 0 Å². The Morgan fingerprint density at radius 2 is 1.73 bits per heavy atom. The first-order chi connectivity index (χ1) is 14.2. The number of hydrogen-bond donors (Lipinski definition) is 2. The zero-order chi connectivity index (χ0) is 22.3. The van der Waals surface area contributed by atoms with Gasteiger partial charge in [-0.1, -0.05) is 44.5 Å². The molecule has 1 aromatic carbocycles. The summed E-state index contributed by atoms with van der Waals surface area (Å²) < 4.78 is 0. The number of carbonyl (C=O) groups is 3. The fraction of sp³-hybridized carbons (Fsp3) is 0.609. The molecule has 0 radical (unpaired) electrons. The van der Waals surface area contributed by atoms with Crippen molar-refractivity contribution in [2.45, 2.75) is 65.5 Å². The Labute approximate surface area is 184 Å². The van der Waals surface area contributed by atoms with E-state index in [1.54, 1.807) is 24.3 Å². The summed E-state index contributed by atoms with van der Waals surface area (Å²) in [4.78, 5) is 40.1. The largest absolute Gasteiger partial charge is 0.352 e. The number of halogens is 1. The van der Waals surface area contributed by atoms with Crippen molar-refractivity contribution >= 4 is 29.3 Å².